The maximum Gasteiger partial charge on any atom is 0.469 e. The SMILES string of the molecule is CC/C=C/C/C=C/C/C=C/C/C=C/C/C=C/C/C=C/CCC(=O)O[C@H](COC(=O)CCCCCCCCCCCCCCC)COP(=O)(O)O. The van der Waals surface area contributed by atoms with Crippen LogP contribution >= 0.6 is 7.82 Å². The van der Waals surface area contributed by atoms with Gasteiger partial charge in [-0.15, -0.1) is 0 Å². The van der Waals surface area contributed by atoms with E-state index in [2.05, 4.69) is 79.1 Å². The molecule has 0 aliphatic carbocycles. The summed E-state index contributed by atoms with van der Waals surface area (Å²) < 4.78 is 26.2. The molecule has 0 radical (unpaired) electrons. The Morgan fingerprint density at radius 3 is 1.40 bits per heavy atom. The summed E-state index contributed by atoms with van der Waals surface area (Å²) in [6, 6.07) is 0. The number of hydrogen-bond donors (Lipinski definition) is 2. The number of allylic oxidation sites excluding steroid dienone is 12. The van der Waals surface area contributed by atoms with Crippen molar-refractivity contribution in [2.75, 3.05) is 13.2 Å². The summed E-state index contributed by atoms with van der Waals surface area (Å²) in [6.45, 7) is 3.49. The van der Waals surface area contributed by atoms with Crippen LogP contribution in [-0.2, 0) is 28.2 Å². The Kier molecular flexibility index (Phi) is 34.5. The van der Waals surface area contributed by atoms with Gasteiger partial charge in [-0.25, -0.2) is 4.57 Å². The highest BCUT2D eigenvalue weighted by atomic mass is 31.2. The van der Waals surface area contributed by atoms with E-state index in [4.69, 9.17) is 19.3 Å². The van der Waals surface area contributed by atoms with Gasteiger partial charge in [-0.2, -0.15) is 0 Å². The smallest absolute Gasteiger partial charge is 0.462 e. The van der Waals surface area contributed by atoms with E-state index in [0.717, 1.165) is 51.4 Å². The Balaban J connectivity index is 4.11. The number of hydrogen-bond acceptors (Lipinski definition) is 6. The third-order valence-corrected chi connectivity index (χ3v) is 8.24. The molecule has 0 saturated heterocycles. The Morgan fingerprint density at radius 1 is 0.540 bits per heavy atom. The van der Waals surface area contributed by atoms with Gasteiger partial charge in [0.2, 0.25) is 0 Å². The van der Waals surface area contributed by atoms with Crippen molar-refractivity contribution < 1.29 is 37.9 Å². The third-order valence-electron chi connectivity index (χ3n) is 7.75. The van der Waals surface area contributed by atoms with Crippen LogP contribution in [-0.4, -0.2) is 41.0 Å². The normalized spacial score (nSPS) is 13.3. The number of phosphoric ester groups is 1. The lowest BCUT2D eigenvalue weighted by Crippen LogP contribution is -2.29. The van der Waals surface area contributed by atoms with Crippen molar-refractivity contribution in [1.29, 1.82) is 0 Å². The molecule has 0 amide bonds. The van der Waals surface area contributed by atoms with Crippen LogP contribution in [0.25, 0.3) is 0 Å². The average Bonchev–Trinajstić information content (AvgIpc) is 3.08. The lowest BCUT2D eigenvalue weighted by molar-refractivity contribution is -0.161. The molecule has 0 saturated carbocycles. The molecule has 8 nitrogen and oxygen atoms in total. The van der Waals surface area contributed by atoms with Crippen molar-refractivity contribution in [3.63, 3.8) is 0 Å². The molecule has 2 N–H and O–H groups in total. The Morgan fingerprint density at radius 2 is 0.960 bits per heavy atom. The first-order valence-electron chi connectivity index (χ1n) is 19.2. The lowest BCUT2D eigenvalue weighted by Gasteiger charge is -2.18. The summed E-state index contributed by atoms with van der Waals surface area (Å²) in [4.78, 5) is 42.7. The molecule has 0 aliphatic rings. The van der Waals surface area contributed by atoms with E-state index in [1.807, 2.05) is 12.2 Å². The summed E-state index contributed by atoms with van der Waals surface area (Å²) >= 11 is 0. The fourth-order valence-electron chi connectivity index (χ4n) is 4.93. The second-order valence-corrected chi connectivity index (χ2v) is 13.8. The van der Waals surface area contributed by atoms with Gasteiger partial charge in [0.25, 0.3) is 0 Å². The monoisotopic (exact) mass is 720 g/mol. The molecule has 286 valence electrons. The first-order chi connectivity index (χ1) is 24.3. The maximum atomic E-state index is 12.3. The lowest BCUT2D eigenvalue weighted by atomic mass is 10.0. The van der Waals surface area contributed by atoms with Gasteiger partial charge in [0.15, 0.2) is 6.10 Å². The second kappa shape index (κ2) is 36.3. The van der Waals surface area contributed by atoms with Crippen molar-refractivity contribution in [2.45, 2.75) is 161 Å². The van der Waals surface area contributed by atoms with E-state index < -0.39 is 32.5 Å². The number of unbranched alkanes of at least 4 members (excludes halogenated alkanes) is 12. The van der Waals surface area contributed by atoms with Crippen LogP contribution in [0, 0.1) is 0 Å². The van der Waals surface area contributed by atoms with Crippen molar-refractivity contribution in [3.05, 3.63) is 72.9 Å². The van der Waals surface area contributed by atoms with Gasteiger partial charge in [-0.05, 0) is 51.4 Å². The number of ether oxygens (including phenoxy) is 2. The van der Waals surface area contributed by atoms with Gasteiger partial charge in [0.1, 0.15) is 6.61 Å². The number of esters is 2. The number of carbonyl (C=O) groups is 2. The molecule has 0 aliphatic heterocycles. The van der Waals surface area contributed by atoms with Crippen molar-refractivity contribution in [3.8, 4) is 0 Å². The highest BCUT2D eigenvalue weighted by Gasteiger charge is 2.22. The molecule has 1 atom stereocenters. The molecule has 0 aromatic rings. The summed E-state index contributed by atoms with van der Waals surface area (Å²) in [5, 5.41) is 0. The highest BCUT2D eigenvalue weighted by molar-refractivity contribution is 7.46. The average molecular weight is 721 g/mol. The quantitative estimate of drug-likeness (QED) is 0.0292. The van der Waals surface area contributed by atoms with E-state index in [1.165, 1.54) is 64.2 Å². The van der Waals surface area contributed by atoms with E-state index in [0.29, 0.717) is 12.8 Å². The minimum Gasteiger partial charge on any atom is -0.462 e. The first kappa shape index (κ1) is 47.5. The summed E-state index contributed by atoms with van der Waals surface area (Å²) in [7, 11) is -4.77. The minimum atomic E-state index is -4.77. The molecule has 0 rings (SSSR count). The van der Waals surface area contributed by atoms with Crippen LogP contribution in [0.3, 0.4) is 0 Å². The maximum absolute atomic E-state index is 12.3. The van der Waals surface area contributed by atoms with Gasteiger partial charge in [0, 0.05) is 12.8 Å². The molecule has 0 aromatic carbocycles. The summed E-state index contributed by atoms with van der Waals surface area (Å²) in [6.07, 6.45) is 46.3. The van der Waals surface area contributed by atoms with E-state index in [1.54, 1.807) is 0 Å². The molecule has 50 heavy (non-hydrogen) atoms. The molecular formula is C41H69O8P. The predicted molar refractivity (Wildman–Crippen MR) is 207 cm³/mol. The van der Waals surface area contributed by atoms with Gasteiger partial charge in [-0.3, -0.25) is 14.1 Å². The first-order valence-corrected chi connectivity index (χ1v) is 20.8. The third kappa shape index (κ3) is 38.3. The standard InChI is InChI=1S/C41H69O8P/c1-3-5-7-9-11-13-15-17-18-19-20-21-22-24-26-28-30-32-34-36-41(43)49-39(38-48-50(44,45)46)37-47-40(42)35-33-31-29-27-25-23-16-14-12-10-8-6-4-2/h5,7,11,13,17-18,20-21,24,26,30,32,39H,3-4,6,8-10,12,14-16,19,22-23,25,27-29,31,33-38H2,1-2H3,(H2,44,45,46)/b7-5+,13-11+,18-17+,21-20+,26-24+,32-30+/t39-/m1/s1. The van der Waals surface area contributed by atoms with Crippen LogP contribution in [0.4, 0.5) is 0 Å². The molecule has 0 fully saturated rings. The van der Waals surface area contributed by atoms with Gasteiger partial charge >= 0.3 is 19.8 Å². The fraction of sp³-hybridized carbons (Fsp3) is 0.659. The van der Waals surface area contributed by atoms with Crippen molar-refractivity contribution in [2.24, 2.45) is 0 Å². The molecule has 0 spiro atoms. The molecule has 0 heterocycles. The molecule has 0 unspecified atom stereocenters. The zero-order valence-corrected chi connectivity index (χ0v) is 32.2. The van der Waals surface area contributed by atoms with Crippen LogP contribution in [0.15, 0.2) is 72.9 Å². The van der Waals surface area contributed by atoms with Crippen LogP contribution < -0.4 is 0 Å². The summed E-state index contributed by atoms with van der Waals surface area (Å²) in [5.74, 6) is -0.986. The summed E-state index contributed by atoms with van der Waals surface area (Å²) in [5.41, 5.74) is 0. The van der Waals surface area contributed by atoms with Crippen LogP contribution in [0.2, 0.25) is 0 Å². The Bertz CT molecular complexity index is 1040. The number of carbonyl (C=O) groups excluding carboxylic acids is 2. The number of rotatable bonds is 34. The topological polar surface area (TPSA) is 119 Å². The van der Waals surface area contributed by atoms with Crippen LogP contribution in [0.1, 0.15) is 155 Å². The van der Waals surface area contributed by atoms with Crippen LogP contribution in [0.5, 0.6) is 0 Å². The largest absolute Gasteiger partial charge is 0.469 e. The van der Waals surface area contributed by atoms with Gasteiger partial charge in [0.05, 0.1) is 6.61 Å². The molecule has 0 aromatic heterocycles. The van der Waals surface area contributed by atoms with E-state index in [-0.39, 0.29) is 19.4 Å². The minimum absolute atomic E-state index is 0.0848. The Labute approximate surface area is 304 Å². The zero-order valence-electron chi connectivity index (χ0n) is 31.3. The molecule has 9 heteroatoms. The van der Waals surface area contributed by atoms with Crippen molar-refractivity contribution >= 4 is 19.8 Å². The molecule has 0 bridgehead atoms. The van der Waals surface area contributed by atoms with Gasteiger partial charge in [-0.1, -0.05) is 164 Å². The fourth-order valence-corrected chi connectivity index (χ4v) is 5.29. The van der Waals surface area contributed by atoms with E-state index >= 15 is 0 Å². The Hall–Kier alpha value is -2.51. The van der Waals surface area contributed by atoms with Crippen molar-refractivity contribution in [1.82, 2.24) is 0 Å². The van der Waals surface area contributed by atoms with Gasteiger partial charge < -0.3 is 19.3 Å². The van der Waals surface area contributed by atoms with E-state index in [9.17, 15) is 14.2 Å². The predicted octanol–water partition coefficient (Wildman–Crippen LogP) is 11.5. The second-order valence-electron chi connectivity index (χ2n) is 12.5. The zero-order chi connectivity index (χ0) is 36.8. The number of phosphoric acid groups is 1. The molecular weight excluding hydrogens is 651 g/mol. The highest BCUT2D eigenvalue weighted by Crippen LogP contribution is 2.35.